The third-order valence-electron chi connectivity index (χ3n) is 3.37. The molecule has 2 nitrogen and oxygen atoms in total. The monoisotopic (exact) mass is 234 g/mol. The number of nitrogens with one attached hydrogen (secondary N) is 1. The summed E-state index contributed by atoms with van der Waals surface area (Å²) in [6.07, 6.45) is 4.90. The molecular formula is C15H26N2. The molecule has 1 aromatic carbocycles. The maximum Gasteiger partial charge on any atom is 0.0488 e. The molecule has 0 aromatic heterocycles. The second kappa shape index (κ2) is 7.46. The molecule has 0 aliphatic heterocycles. The minimum atomic E-state index is 0.287. The Kier molecular flexibility index (Phi) is 6.23. The fourth-order valence-corrected chi connectivity index (χ4v) is 2.59. The third-order valence-corrected chi connectivity index (χ3v) is 3.37. The van der Waals surface area contributed by atoms with Crippen molar-refractivity contribution >= 4 is 0 Å². The van der Waals surface area contributed by atoms with E-state index in [1.807, 2.05) is 0 Å². The molecule has 1 rings (SSSR count). The van der Waals surface area contributed by atoms with Crippen molar-refractivity contribution < 1.29 is 0 Å². The van der Waals surface area contributed by atoms with Gasteiger partial charge in [-0.05, 0) is 31.2 Å². The van der Waals surface area contributed by atoms with E-state index in [0.717, 1.165) is 0 Å². The van der Waals surface area contributed by atoms with Gasteiger partial charge in [0.25, 0.3) is 0 Å². The van der Waals surface area contributed by atoms with Crippen molar-refractivity contribution in [1.29, 1.82) is 0 Å². The summed E-state index contributed by atoms with van der Waals surface area (Å²) in [5.41, 5.74) is 5.63. The average molecular weight is 234 g/mol. The molecule has 0 bridgehead atoms. The standard InChI is InChI=1S/C15H26N2/c1-4-7-13(8-5-2)15(17-16)14-10-6-9-12(3)11-14/h6,9-11,13,15,17H,4-5,7-8,16H2,1-3H3. The zero-order chi connectivity index (χ0) is 12.7. The Bertz CT molecular complexity index is 316. The first-order valence-electron chi connectivity index (χ1n) is 6.75. The largest absolute Gasteiger partial charge is 0.271 e. The molecule has 0 spiro atoms. The molecule has 0 fully saturated rings. The molecule has 0 aliphatic carbocycles. The molecule has 17 heavy (non-hydrogen) atoms. The Labute approximate surface area is 106 Å². The summed E-state index contributed by atoms with van der Waals surface area (Å²) < 4.78 is 0. The lowest BCUT2D eigenvalue weighted by molar-refractivity contribution is 0.319. The Hall–Kier alpha value is -0.860. The van der Waals surface area contributed by atoms with Crippen molar-refractivity contribution in [2.75, 3.05) is 0 Å². The van der Waals surface area contributed by atoms with Crippen LogP contribution in [0.3, 0.4) is 0 Å². The number of aryl methyl sites for hydroxylation is 1. The van der Waals surface area contributed by atoms with Crippen LogP contribution in [0, 0.1) is 12.8 Å². The lowest BCUT2D eigenvalue weighted by Crippen LogP contribution is -2.33. The van der Waals surface area contributed by atoms with Gasteiger partial charge in [0.1, 0.15) is 0 Å². The van der Waals surface area contributed by atoms with Crippen molar-refractivity contribution in [3.8, 4) is 0 Å². The lowest BCUT2D eigenvalue weighted by Gasteiger charge is -2.26. The molecule has 0 aliphatic rings. The number of hydrogen-bond donors (Lipinski definition) is 2. The molecule has 0 radical (unpaired) electrons. The zero-order valence-electron chi connectivity index (χ0n) is 11.4. The number of hydrogen-bond acceptors (Lipinski definition) is 2. The minimum Gasteiger partial charge on any atom is -0.271 e. The average Bonchev–Trinajstić information content (AvgIpc) is 2.31. The van der Waals surface area contributed by atoms with Crippen LogP contribution in [-0.4, -0.2) is 0 Å². The van der Waals surface area contributed by atoms with Crippen LogP contribution in [0.4, 0.5) is 0 Å². The Morgan fingerprint density at radius 1 is 1.18 bits per heavy atom. The van der Waals surface area contributed by atoms with E-state index in [1.165, 1.54) is 36.8 Å². The van der Waals surface area contributed by atoms with Crippen LogP contribution in [0.5, 0.6) is 0 Å². The molecule has 2 heteroatoms. The summed E-state index contributed by atoms with van der Waals surface area (Å²) in [5.74, 6) is 6.40. The van der Waals surface area contributed by atoms with Crippen LogP contribution in [0.2, 0.25) is 0 Å². The molecule has 0 heterocycles. The van der Waals surface area contributed by atoms with Crippen molar-refractivity contribution in [2.24, 2.45) is 11.8 Å². The summed E-state index contributed by atoms with van der Waals surface area (Å²) >= 11 is 0. The molecule has 3 N–H and O–H groups in total. The van der Waals surface area contributed by atoms with Crippen molar-refractivity contribution in [3.05, 3.63) is 35.4 Å². The highest BCUT2D eigenvalue weighted by molar-refractivity contribution is 5.25. The molecule has 1 atom stereocenters. The molecule has 0 amide bonds. The predicted molar refractivity (Wildman–Crippen MR) is 74.5 cm³/mol. The Balaban J connectivity index is 2.87. The van der Waals surface area contributed by atoms with Gasteiger partial charge in [-0.25, -0.2) is 0 Å². The van der Waals surface area contributed by atoms with Gasteiger partial charge in [-0.1, -0.05) is 56.5 Å². The summed E-state index contributed by atoms with van der Waals surface area (Å²) in [5, 5.41) is 0. The van der Waals surface area contributed by atoms with E-state index >= 15 is 0 Å². The Morgan fingerprint density at radius 3 is 2.29 bits per heavy atom. The maximum absolute atomic E-state index is 5.77. The minimum absolute atomic E-state index is 0.287. The molecule has 1 aromatic rings. The molecule has 0 saturated heterocycles. The van der Waals surface area contributed by atoms with Crippen molar-refractivity contribution in [2.45, 2.75) is 52.5 Å². The van der Waals surface area contributed by atoms with Crippen LogP contribution in [0.25, 0.3) is 0 Å². The first-order chi connectivity index (χ1) is 8.22. The van der Waals surface area contributed by atoms with Crippen molar-refractivity contribution in [1.82, 2.24) is 5.43 Å². The highest BCUT2D eigenvalue weighted by atomic mass is 15.2. The predicted octanol–water partition coefficient (Wildman–Crippen LogP) is 3.72. The van der Waals surface area contributed by atoms with E-state index in [2.05, 4.69) is 50.5 Å². The van der Waals surface area contributed by atoms with Gasteiger partial charge >= 0.3 is 0 Å². The number of rotatable bonds is 7. The summed E-state index contributed by atoms with van der Waals surface area (Å²) in [6, 6.07) is 8.95. The van der Waals surface area contributed by atoms with E-state index < -0.39 is 0 Å². The van der Waals surface area contributed by atoms with Gasteiger partial charge in [0.05, 0.1) is 0 Å². The molecule has 0 saturated carbocycles. The van der Waals surface area contributed by atoms with E-state index in [0.29, 0.717) is 5.92 Å². The van der Waals surface area contributed by atoms with Gasteiger partial charge in [0.15, 0.2) is 0 Å². The highest BCUT2D eigenvalue weighted by Crippen LogP contribution is 2.29. The van der Waals surface area contributed by atoms with Gasteiger partial charge in [0.2, 0.25) is 0 Å². The SMILES string of the molecule is CCCC(CCC)C(NN)c1cccc(C)c1. The molecular weight excluding hydrogens is 208 g/mol. The second-order valence-electron chi connectivity index (χ2n) is 4.90. The van der Waals surface area contributed by atoms with E-state index in [-0.39, 0.29) is 6.04 Å². The van der Waals surface area contributed by atoms with Crippen LogP contribution in [0.1, 0.15) is 56.7 Å². The van der Waals surface area contributed by atoms with Crippen LogP contribution >= 0.6 is 0 Å². The van der Waals surface area contributed by atoms with Gasteiger partial charge in [-0.3, -0.25) is 11.3 Å². The van der Waals surface area contributed by atoms with Gasteiger partial charge in [-0.15, -0.1) is 0 Å². The fourth-order valence-electron chi connectivity index (χ4n) is 2.59. The topological polar surface area (TPSA) is 38.0 Å². The molecule has 1 unspecified atom stereocenters. The van der Waals surface area contributed by atoms with Crippen LogP contribution in [-0.2, 0) is 0 Å². The van der Waals surface area contributed by atoms with Gasteiger partial charge in [0, 0.05) is 6.04 Å². The van der Waals surface area contributed by atoms with Crippen LogP contribution in [0.15, 0.2) is 24.3 Å². The van der Waals surface area contributed by atoms with E-state index in [1.54, 1.807) is 0 Å². The number of nitrogens with two attached hydrogens (primary N) is 1. The zero-order valence-corrected chi connectivity index (χ0v) is 11.4. The van der Waals surface area contributed by atoms with Gasteiger partial charge < -0.3 is 0 Å². The summed E-state index contributed by atoms with van der Waals surface area (Å²) in [4.78, 5) is 0. The second-order valence-corrected chi connectivity index (χ2v) is 4.90. The fraction of sp³-hybridized carbons (Fsp3) is 0.600. The quantitative estimate of drug-likeness (QED) is 0.557. The normalized spacial score (nSPS) is 13.0. The van der Waals surface area contributed by atoms with Gasteiger partial charge in [-0.2, -0.15) is 0 Å². The number of hydrazine groups is 1. The van der Waals surface area contributed by atoms with E-state index in [4.69, 9.17) is 5.84 Å². The van der Waals surface area contributed by atoms with Crippen molar-refractivity contribution in [3.63, 3.8) is 0 Å². The van der Waals surface area contributed by atoms with E-state index in [9.17, 15) is 0 Å². The lowest BCUT2D eigenvalue weighted by atomic mass is 9.86. The Morgan fingerprint density at radius 2 is 1.82 bits per heavy atom. The van der Waals surface area contributed by atoms with Crippen LogP contribution < -0.4 is 11.3 Å². The summed E-state index contributed by atoms with van der Waals surface area (Å²) in [6.45, 7) is 6.62. The smallest absolute Gasteiger partial charge is 0.0488 e. The first-order valence-corrected chi connectivity index (χ1v) is 6.75. The maximum atomic E-state index is 5.77. The molecule has 96 valence electrons. The highest BCUT2D eigenvalue weighted by Gasteiger charge is 2.20. The number of benzene rings is 1. The summed E-state index contributed by atoms with van der Waals surface area (Å²) in [7, 11) is 0. The third kappa shape index (κ3) is 4.14. The first kappa shape index (κ1) is 14.2.